The van der Waals surface area contributed by atoms with E-state index in [1.807, 2.05) is 0 Å². The molecule has 1 fully saturated rings. The monoisotopic (exact) mass is 252 g/mol. The van der Waals surface area contributed by atoms with E-state index in [4.69, 9.17) is 21.1 Å². The van der Waals surface area contributed by atoms with Crippen LogP contribution in [0, 0.1) is 0 Å². The Balaban J connectivity index is 1.69. The molecule has 3 heteroatoms. The number of benzene rings is 1. The van der Waals surface area contributed by atoms with E-state index in [1.165, 1.54) is 30.4 Å². The molecule has 3 rings (SSSR count). The minimum atomic E-state index is 0.0323. The molecule has 92 valence electrons. The summed E-state index contributed by atoms with van der Waals surface area (Å²) in [6.45, 7) is 0. The smallest absolute Gasteiger partial charge is 0.128 e. The minimum Gasteiger partial charge on any atom is -0.488 e. The second-order valence-electron chi connectivity index (χ2n) is 4.89. The number of fused-ring (bicyclic) bond motifs is 1. The third kappa shape index (κ3) is 2.04. The van der Waals surface area contributed by atoms with Crippen LogP contribution in [0.3, 0.4) is 0 Å². The zero-order chi connectivity index (χ0) is 11.8. The lowest BCUT2D eigenvalue weighted by atomic mass is 9.91. The summed E-state index contributed by atoms with van der Waals surface area (Å²) in [5.74, 6) is 0.960. The SMILES string of the molecule is COC1C(Cl)CC1Oc1ccc2c(c1)CCC2. The first-order chi connectivity index (χ1) is 8.28. The summed E-state index contributed by atoms with van der Waals surface area (Å²) in [6, 6.07) is 6.44. The number of hydrogen-bond donors (Lipinski definition) is 0. The molecule has 0 spiro atoms. The highest BCUT2D eigenvalue weighted by Gasteiger charge is 2.42. The van der Waals surface area contributed by atoms with Crippen LogP contribution in [0.15, 0.2) is 18.2 Å². The molecule has 1 aromatic rings. The van der Waals surface area contributed by atoms with Crippen molar-refractivity contribution in [1.82, 2.24) is 0 Å². The van der Waals surface area contributed by atoms with Crippen molar-refractivity contribution >= 4 is 11.6 Å². The Kier molecular flexibility index (Phi) is 3.01. The minimum absolute atomic E-state index is 0.0323. The zero-order valence-corrected chi connectivity index (χ0v) is 10.7. The molecule has 3 unspecified atom stereocenters. The maximum absolute atomic E-state index is 6.06. The fourth-order valence-electron chi connectivity index (χ4n) is 2.74. The molecule has 2 aliphatic carbocycles. The Labute approximate surface area is 107 Å². The number of rotatable bonds is 3. The predicted molar refractivity (Wildman–Crippen MR) is 67.9 cm³/mol. The fourth-order valence-corrected chi connectivity index (χ4v) is 3.18. The van der Waals surface area contributed by atoms with Gasteiger partial charge in [0, 0.05) is 13.5 Å². The average Bonchev–Trinajstić information content (AvgIpc) is 2.76. The van der Waals surface area contributed by atoms with Gasteiger partial charge < -0.3 is 9.47 Å². The van der Waals surface area contributed by atoms with Crippen molar-refractivity contribution in [2.24, 2.45) is 0 Å². The third-order valence-electron chi connectivity index (χ3n) is 3.81. The number of alkyl halides is 1. The Morgan fingerprint density at radius 1 is 1.24 bits per heavy atom. The van der Waals surface area contributed by atoms with Crippen LogP contribution < -0.4 is 4.74 Å². The van der Waals surface area contributed by atoms with Crippen molar-refractivity contribution in [3.63, 3.8) is 0 Å². The highest BCUT2D eigenvalue weighted by atomic mass is 35.5. The van der Waals surface area contributed by atoms with Gasteiger partial charge >= 0.3 is 0 Å². The van der Waals surface area contributed by atoms with Crippen molar-refractivity contribution in [3.8, 4) is 5.75 Å². The maximum Gasteiger partial charge on any atom is 0.128 e. The van der Waals surface area contributed by atoms with Crippen molar-refractivity contribution < 1.29 is 9.47 Å². The molecule has 0 bridgehead atoms. The number of methoxy groups -OCH3 is 1. The largest absolute Gasteiger partial charge is 0.488 e. The Hall–Kier alpha value is -0.730. The molecule has 3 atom stereocenters. The standard InChI is InChI=1S/C14H17ClO2/c1-16-14-12(15)8-13(14)17-11-6-5-9-3-2-4-10(9)7-11/h5-7,12-14H,2-4,8H2,1H3. The Morgan fingerprint density at radius 3 is 2.82 bits per heavy atom. The van der Waals surface area contributed by atoms with Gasteiger partial charge in [-0.25, -0.2) is 0 Å². The van der Waals surface area contributed by atoms with Crippen LogP contribution >= 0.6 is 11.6 Å². The highest BCUT2D eigenvalue weighted by molar-refractivity contribution is 6.21. The normalized spacial score (nSPS) is 30.8. The first-order valence-electron chi connectivity index (χ1n) is 6.23. The molecule has 0 aliphatic heterocycles. The van der Waals surface area contributed by atoms with Gasteiger partial charge in [-0.15, -0.1) is 11.6 Å². The average molecular weight is 253 g/mol. The van der Waals surface area contributed by atoms with Gasteiger partial charge in [-0.2, -0.15) is 0 Å². The van der Waals surface area contributed by atoms with Crippen LogP contribution in [0.2, 0.25) is 0 Å². The number of hydrogen-bond acceptors (Lipinski definition) is 2. The van der Waals surface area contributed by atoms with Crippen molar-refractivity contribution in [3.05, 3.63) is 29.3 Å². The number of halogens is 1. The summed E-state index contributed by atoms with van der Waals surface area (Å²) in [5.41, 5.74) is 2.92. The molecule has 0 heterocycles. The molecular weight excluding hydrogens is 236 g/mol. The lowest BCUT2D eigenvalue weighted by Gasteiger charge is -2.39. The summed E-state index contributed by atoms with van der Waals surface area (Å²) in [4.78, 5) is 0. The van der Waals surface area contributed by atoms with E-state index in [1.54, 1.807) is 7.11 Å². The fraction of sp³-hybridized carbons (Fsp3) is 0.571. The van der Waals surface area contributed by atoms with Gasteiger partial charge in [-0.05, 0) is 42.5 Å². The van der Waals surface area contributed by atoms with Gasteiger partial charge in [-0.1, -0.05) is 6.07 Å². The second kappa shape index (κ2) is 4.51. The summed E-state index contributed by atoms with van der Waals surface area (Å²) in [6.07, 6.45) is 4.68. The molecule has 2 nitrogen and oxygen atoms in total. The Morgan fingerprint density at radius 2 is 2.06 bits per heavy atom. The topological polar surface area (TPSA) is 18.5 Å². The molecule has 0 N–H and O–H groups in total. The van der Waals surface area contributed by atoms with Crippen molar-refractivity contribution in [2.75, 3.05) is 7.11 Å². The summed E-state index contributed by atoms with van der Waals surface area (Å²) < 4.78 is 11.3. The third-order valence-corrected chi connectivity index (χ3v) is 4.24. The van der Waals surface area contributed by atoms with Crippen LogP contribution in [0.25, 0.3) is 0 Å². The van der Waals surface area contributed by atoms with E-state index in [0.717, 1.165) is 12.2 Å². The van der Waals surface area contributed by atoms with Crippen LogP contribution in [-0.2, 0) is 17.6 Å². The molecule has 0 saturated heterocycles. The molecule has 1 saturated carbocycles. The number of aryl methyl sites for hydroxylation is 2. The van der Waals surface area contributed by atoms with Crippen molar-refractivity contribution in [2.45, 2.75) is 43.3 Å². The lowest BCUT2D eigenvalue weighted by Crippen LogP contribution is -2.52. The van der Waals surface area contributed by atoms with E-state index in [9.17, 15) is 0 Å². The van der Waals surface area contributed by atoms with Gasteiger partial charge in [0.25, 0.3) is 0 Å². The predicted octanol–water partition coefficient (Wildman–Crippen LogP) is 2.95. The van der Waals surface area contributed by atoms with Gasteiger partial charge in [0.15, 0.2) is 0 Å². The summed E-state index contributed by atoms with van der Waals surface area (Å²) in [5, 5.41) is 0.0967. The molecule has 0 aromatic heterocycles. The van der Waals surface area contributed by atoms with E-state index in [2.05, 4.69) is 18.2 Å². The van der Waals surface area contributed by atoms with Gasteiger partial charge in [0.05, 0.1) is 5.38 Å². The molecular formula is C14H17ClO2. The van der Waals surface area contributed by atoms with E-state index >= 15 is 0 Å². The lowest BCUT2D eigenvalue weighted by molar-refractivity contribution is -0.0583. The highest BCUT2D eigenvalue weighted by Crippen LogP contribution is 2.34. The van der Waals surface area contributed by atoms with Crippen LogP contribution in [0.5, 0.6) is 5.75 Å². The molecule has 0 radical (unpaired) electrons. The van der Waals surface area contributed by atoms with E-state index < -0.39 is 0 Å². The maximum atomic E-state index is 6.06. The van der Waals surface area contributed by atoms with Gasteiger partial charge in [0.1, 0.15) is 18.0 Å². The van der Waals surface area contributed by atoms with E-state index in [-0.39, 0.29) is 17.6 Å². The zero-order valence-electron chi connectivity index (χ0n) is 9.99. The first kappa shape index (κ1) is 11.4. The molecule has 1 aromatic carbocycles. The van der Waals surface area contributed by atoms with Gasteiger partial charge in [0.2, 0.25) is 0 Å². The summed E-state index contributed by atoms with van der Waals surface area (Å²) in [7, 11) is 1.69. The Bertz CT molecular complexity index is 419. The van der Waals surface area contributed by atoms with Crippen LogP contribution in [0.4, 0.5) is 0 Å². The summed E-state index contributed by atoms with van der Waals surface area (Å²) >= 11 is 6.06. The molecule has 17 heavy (non-hydrogen) atoms. The number of ether oxygens (including phenoxy) is 2. The second-order valence-corrected chi connectivity index (χ2v) is 5.45. The van der Waals surface area contributed by atoms with Gasteiger partial charge in [-0.3, -0.25) is 0 Å². The van der Waals surface area contributed by atoms with Crippen LogP contribution in [0.1, 0.15) is 24.0 Å². The quantitative estimate of drug-likeness (QED) is 0.770. The van der Waals surface area contributed by atoms with E-state index in [0.29, 0.717) is 0 Å². The van der Waals surface area contributed by atoms with Crippen molar-refractivity contribution in [1.29, 1.82) is 0 Å². The molecule has 2 aliphatic rings. The first-order valence-corrected chi connectivity index (χ1v) is 6.67. The van der Waals surface area contributed by atoms with Crippen LogP contribution in [-0.4, -0.2) is 24.7 Å². The molecule has 0 amide bonds.